The molecule has 0 aromatic carbocycles. The number of hydrogen-bond donors (Lipinski definition) is 1. The van der Waals surface area contributed by atoms with Crippen molar-refractivity contribution < 1.29 is 4.79 Å². The number of aryl methyl sites for hydroxylation is 1. The lowest BCUT2D eigenvalue weighted by atomic mass is 10.2. The van der Waals surface area contributed by atoms with E-state index >= 15 is 0 Å². The lowest BCUT2D eigenvalue weighted by Gasteiger charge is -2.10. The van der Waals surface area contributed by atoms with Crippen LogP contribution in [0.5, 0.6) is 0 Å². The maximum absolute atomic E-state index is 12.1. The Labute approximate surface area is 143 Å². The van der Waals surface area contributed by atoms with Crippen molar-refractivity contribution in [3.8, 4) is 11.5 Å². The van der Waals surface area contributed by atoms with Gasteiger partial charge in [0.25, 0.3) is 5.91 Å². The highest BCUT2D eigenvalue weighted by Crippen LogP contribution is 2.23. The molecule has 8 heteroatoms. The number of nitrogens with zero attached hydrogens (tertiary/aromatic N) is 5. The van der Waals surface area contributed by atoms with Gasteiger partial charge in [-0.15, -0.1) is 0 Å². The molecule has 0 atom stereocenters. The van der Waals surface area contributed by atoms with Crippen LogP contribution in [0.25, 0.3) is 11.5 Å². The van der Waals surface area contributed by atoms with Gasteiger partial charge in [0.05, 0.1) is 0 Å². The van der Waals surface area contributed by atoms with Crippen LogP contribution >= 0.6 is 11.5 Å². The van der Waals surface area contributed by atoms with Gasteiger partial charge in [0.15, 0.2) is 5.82 Å². The number of rotatable bonds is 4. The Morgan fingerprint density at radius 3 is 2.79 bits per heavy atom. The second-order valence-corrected chi connectivity index (χ2v) is 6.10. The minimum atomic E-state index is -0.0867. The van der Waals surface area contributed by atoms with E-state index in [-0.39, 0.29) is 5.91 Å². The smallest absolute Gasteiger partial charge is 0.253 e. The number of pyridine rings is 2. The number of carbonyl (C=O) groups is 1. The standard InChI is InChI=1S/C16H16N6OS/c1-10-5-4-7-18-13(10)19-16-20-14(21-24-16)12-9-11(6-8-17-12)15(23)22(2)3/h4-9H,1-3H3,(H,18,19,20,21). The first kappa shape index (κ1) is 16.0. The van der Waals surface area contributed by atoms with Crippen LogP contribution in [-0.2, 0) is 0 Å². The quantitative estimate of drug-likeness (QED) is 0.786. The second kappa shape index (κ2) is 6.71. The summed E-state index contributed by atoms with van der Waals surface area (Å²) in [4.78, 5) is 26.5. The Balaban J connectivity index is 1.85. The normalized spacial score (nSPS) is 10.5. The Morgan fingerprint density at radius 2 is 2.04 bits per heavy atom. The van der Waals surface area contributed by atoms with Crippen molar-refractivity contribution in [2.24, 2.45) is 0 Å². The molecule has 0 aliphatic carbocycles. The fraction of sp³-hybridized carbons (Fsp3) is 0.188. The molecule has 3 heterocycles. The molecule has 0 saturated heterocycles. The number of hydrogen-bond acceptors (Lipinski definition) is 7. The fourth-order valence-electron chi connectivity index (χ4n) is 2.04. The number of nitrogens with one attached hydrogen (secondary N) is 1. The molecule has 0 fully saturated rings. The Hall–Kier alpha value is -2.87. The Morgan fingerprint density at radius 1 is 1.21 bits per heavy atom. The van der Waals surface area contributed by atoms with Gasteiger partial charge in [-0.25, -0.2) is 4.98 Å². The summed E-state index contributed by atoms with van der Waals surface area (Å²) >= 11 is 1.22. The third kappa shape index (κ3) is 3.38. The monoisotopic (exact) mass is 340 g/mol. The van der Waals surface area contributed by atoms with Crippen LogP contribution in [0.2, 0.25) is 0 Å². The highest BCUT2D eigenvalue weighted by atomic mass is 32.1. The van der Waals surface area contributed by atoms with Gasteiger partial charge in [0.1, 0.15) is 11.5 Å². The van der Waals surface area contributed by atoms with Crippen LogP contribution in [0.1, 0.15) is 15.9 Å². The van der Waals surface area contributed by atoms with E-state index in [2.05, 4.69) is 24.6 Å². The molecule has 1 N–H and O–H groups in total. The van der Waals surface area contributed by atoms with E-state index in [0.717, 1.165) is 11.4 Å². The highest BCUT2D eigenvalue weighted by molar-refractivity contribution is 7.09. The van der Waals surface area contributed by atoms with Gasteiger partial charge in [-0.3, -0.25) is 9.78 Å². The van der Waals surface area contributed by atoms with Crippen molar-refractivity contribution in [3.63, 3.8) is 0 Å². The molecule has 0 saturated carbocycles. The van der Waals surface area contributed by atoms with Crippen molar-refractivity contribution in [3.05, 3.63) is 47.8 Å². The molecule has 0 radical (unpaired) electrons. The van der Waals surface area contributed by atoms with Crippen molar-refractivity contribution in [1.29, 1.82) is 0 Å². The van der Waals surface area contributed by atoms with Gasteiger partial charge >= 0.3 is 0 Å². The van der Waals surface area contributed by atoms with Crippen molar-refractivity contribution in [1.82, 2.24) is 24.2 Å². The molecule has 0 unspecified atom stereocenters. The van der Waals surface area contributed by atoms with E-state index in [1.807, 2.05) is 19.1 Å². The summed E-state index contributed by atoms with van der Waals surface area (Å²) in [5.74, 6) is 1.13. The number of carbonyl (C=O) groups excluding carboxylic acids is 1. The fourth-order valence-corrected chi connectivity index (χ4v) is 2.62. The first-order chi connectivity index (χ1) is 11.5. The van der Waals surface area contributed by atoms with E-state index in [1.165, 1.54) is 16.4 Å². The molecule has 0 bridgehead atoms. The molecule has 0 aliphatic rings. The maximum Gasteiger partial charge on any atom is 0.253 e. The van der Waals surface area contributed by atoms with Crippen LogP contribution in [0.4, 0.5) is 10.9 Å². The van der Waals surface area contributed by atoms with Gasteiger partial charge in [-0.1, -0.05) is 6.07 Å². The third-order valence-corrected chi connectivity index (χ3v) is 3.93. The molecule has 7 nitrogen and oxygen atoms in total. The van der Waals surface area contributed by atoms with Gasteiger partial charge in [0, 0.05) is 43.6 Å². The number of amides is 1. The minimum Gasteiger partial charge on any atom is -0.345 e. The summed E-state index contributed by atoms with van der Waals surface area (Å²) in [5, 5.41) is 3.77. The zero-order chi connectivity index (χ0) is 17.1. The van der Waals surface area contributed by atoms with Gasteiger partial charge in [-0.2, -0.15) is 9.36 Å². The average Bonchev–Trinajstić information content (AvgIpc) is 3.05. The molecular weight excluding hydrogens is 324 g/mol. The number of aromatic nitrogens is 4. The third-order valence-electron chi connectivity index (χ3n) is 3.30. The van der Waals surface area contributed by atoms with E-state index < -0.39 is 0 Å². The zero-order valence-corrected chi connectivity index (χ0v) is 14.3. The van der Waals surface area contributed by atoms with E-state index in [1.54, 1.807) is 38.6 Å². The van der Waals surface area contributed by atoms with Crippen LogP contribution in [0.15, 0.2) is 36.7 Å². The van der Waals surface area contributed by atoms with Crippen molar-refractivity contribution >= 4 is 28.4 Å². The molecule has 3 aromatic heterocycles. The first-order valence-electron chi connectivity index (χ1n) is 7.25. The summed E-state index contributed by atoms with van der Waals surface area (Å²) in [6, 6.07) is 7.22. The van der Waals surface area contributed by atoms with E-state index in [4.69, 9.17) is 0 Å². The molecule has 24 heavy (non-hydrogen) atoms. The summed E-state index contributed by atoms with van der Waals surface area (Å²) in [7, 11) is 3.42. The lowest BCUT2D eigenvalue weighted by molar-refractivity contribution is 0.0827. The van der Waals surface area contributed by atoms with Crippen LogP contribution < -0.4 is 5.32 Å². The van der Waals surface area contributed by atoms with Gasteiger partial charge in [-0.05, 0) is 30.7 Å². The molecule has 1 amide bonds. The molecule has 0 spiro atoms. The molecule has 122 valence electrons. The summed E-state index contributed by atoms with van der Waals surface area (Å²) in [6.07, 6.45) is 3.30. The Kier molecular flexibility index (Phi) is 4.48. The highest BCUT2D eigenvalue weighted by Gasteiger charge is 2.13. The van der Waals surface area contributed by atoms with Crippen molar-refractivity contribution in [2.75, 3.05) is 19.4 Å². The molecule has 0 aliphatic heterocycles. The topological polar surface area (TPSA) is 83.9 Å². The number of anilines is 2. The lowest BCUT2D eigenvalue weighted by Crippen LogP contribution is -2.21. The van der Waals surface area contributed by atoms with Crippen LogP contribution in [0.3, 0.4) is 0 Å². The SMILES string of the molecule is Cc1cccnc1Nc1nc(-c2cc(C(=O)N(C)C)ccn2)ns1. The zero-order valence-electron chi connectivity index (χ0n) is 13.5. The van der Waals surface area contributed by atoms with Crippen LogP contribution in [-0.4, -0.2) is 44.2 Å². The van der Waals surface area contributed by atoms with E-state index in [0.29, 0.717) is 22.2 Å². The average molecular weight is 340 g/mol. The molecule has 3 aromatic rings. The predicted octanol–water partition coefficient (Wildman–Crippen LogP) is 2.75. The minimum absolute atomic E-state index is 0.0867. The second-order valence-electron chi connectivity index (χ2n) is 5.35. The first-order valence-corrected chi connectivity index (χ1v) is 8.02. The summed E-state index contributed by atoms with van der Waals surface area (Å²) < 4.78 is 4.31. The van der Waals surface area contributed by atoms with Gasteiger partial charge in [0.2, 0.25) is 5.13 Å². The van der Waals surface area contributed by atoms with Crippen LogP contribution in [0, 0.1) is 6.92 Å². The van der Waals surface area contributed by atoms with Gasteiger partial charge < -0.3 is 10.2 Å². The molecule has 3 rings (SSSR count). The predicted molar refractivity (Wildman–Crippen MR) is 93.4 cm³/mol. The summed E-state index contributed by atoms with van der Waals surface area (Å²) in [6.45, 7) is 1.97. The largest absolute Gasteiger partial charge is 0.345 e. The molecular formula is C16H16N6OS. The maximum atomic E-state index is 12.1. The summed E-state index contributed by atoms with van der Waals surface area (Å²) in [5.41, 5.74) is 2.13. The Bertz CT molecular complexity index is 876. The van der Waals surface area contributed by atoms with E-state index in [9.17, 15) is 4.79 Å². The van der Waals surface area contributed by atoms with Crippen molar-refractivity contribution in [2.45, 2.75) is 6.92 Å².